The molecule has 0 aliphatic carbocycles. The highest BCUT2D eigenvalue weighted by molar-refractivity contribution is 5.98. The second-order valence-corrected chi connectivity index (χ2v) is 7.40. The van der Waals surface area contributed by atoms with Crippen LogP contribution in [-0.4, -0.2) is 58.9 Å². The first-order valence-electron chi connectivity index (χ1n) is 9.93. The highest BCUT2D eigenvalue weighted by Crippen LogP contribution is 2.35. The van der Waals surface area contributed by atoms with E-state index in [0.717, 1.165) is 17.8 Å². The normalized spacial score (nSPS) is 14.1. The summed E-state index contributed by atoms with van der Waals surface area (Å²) in [6, 6.07) is 9.83. The van der Waals surface area contributed by atoms with E-state index in [-0.39, 0.29) is 11.3 Å². The molecule has 7 nitrogen and oxygen atoms in total. The van der Waals surface area contributed by atoms with E-state index < -0.39 is 30.2 Å². The van der Waals surface area contributed by atoms with E-state index in [0.29, 0.717) is 32.0 Å². The van der Waals surface area contributed by atoms with Crippen molar-refractivity contribution < 1.29 is 32.2 Å². The fraction of sp³-hybridized carbons (Fsp3) is 0.364. The minimum absolute atomic E-state index is 0.00243. The zero-order valence-electron chi connectivity index (χ0n) is 17.7. The number of amides is 1. The lowest BCUT2D eigenvalue weighted by atomic mass is 10.1. The maximum absolute atomic E-state index is 13.2. The molecule has 10 heteroatoms. The molecule has 1 fully saturated rings. The number of esters is 1. The second kappa shape index (κ2) is 9.90. The van der Waals surface area contributed by atoms with Gasteiger partial charge in [-0.25, -0.2) is 4.79 Å². The van der Waals surface area contributed by atoms with Crippen LogP contribution >= 0.6 is 0 Å². The summed E-state index contributed by atoms with van der Waals surface area (Å²) in [5.41, 5.74) is 0.597. The number of benzene rings is 2. The average molecular weight is 451 g/mol. The van der Waals surface area contributed by atoms with Crippen LogP contribution in [0.3, 0.4) is 0 Å². The summed E-state index contributed by atoms with van der Waals surface area (Å²) in [6.07, 6.45) is -4.56. The van der Waals surface area contributed by atoms with Crippen LogP contribution in [0.1, 0.15) is 15.9 Å². The molecule has 0 spiro atoms. The Labute approximate surface area is 183 Å². The lowest BCUT2D eigenvalue weighted by molar-refractivity contribution is -0.137. The monoisotopic (exact) mass is 451 g/mol. The standard InChI is InChI=1S/C22H24F3N3O4/c1-27(2)17-5-3-4-15(12-17)21(30)32-14-20(29)26-18-13-16(22(23,24)25)6-7-19(18)28-8-10-31-11-9-28/h3-7,12-13H,8-11,14H2,1-2H3,(H,26,29). The third-order valence-corrected chi connectivity index (χ3v) is 4.88. The van der Waals surface area contributed by atoms with Gasteiger partial charge in [0, 0.05) is 32.9 Å². The molecule has 2 aromatic carbocycles. The number of ether oxygens (including phenoxy) is 2. The summed E-state index contributed by atoms with van der Waals surface area (Å²) < 4.78 is 49.9. The number of anilines is 3. The first kappa shape index (κ1) is 23.4. The quantitative estimate of drug-likeness (QED) is 0.679. The molecule has 0 saturated carbocycles. The van der Waals surface area contributed by atoms with Gasteiger partial charge in [0.05, 0.1) is 35.7 Å². The van der Waals surface area contributed by atoms with Crippen LogP contribution in [0.5, 0.6) is 0 Å². The molecule has 1 aliphatic rings. The zero-order chi connectivity index (χ0) is 23.3. The van der Waals surface area contributed by atoms with Gasteiger partial charge in [0.2, 0.25) is 0 Å². The number of hydrogen-bond acceptors (Lipinski definition) is 6. The molecule has 3 rings (SSSR count). The molecule has 2 aromatic rings. The Hall–Kier alpha value is -3.27. The fourth-order valence-electron chi connectivity index (χ4n) is 3.20. The van der Waals surface area contributed by atoms with Crippen LogP contribution in [0.15, 0.2) is 42.5 Å². The maximum Gasteiger partial charge on any atom is 0.416 e. The van der Waals surface area contributed by atoms with Crippen LogP contribution in [0.2, 0.25) is 0 Å². The Morgan fingerprint density at radius 2 is 1.84 bits per heavy atom. The van der Waals surface area contributed by atoms with Gasteiger partial charge in [0.15, 0.2) is 6.61 Å². The fourth-order valence-corrected chi connectivity index (χ4v) is 3.20. The van der Waals surface area contributed by atoms with Crippen molar-refractivity contribution in [2.75, 3.05) is 62.1 Å². The third kappa shape index (κ3) is 5.91. The molecule has 32 heavy (non-hydrogen) atoms. The summed E-state index contributed by atoms with van der Waals surface area (Å²) in [7, 11) is 3.64. The summed E-state index contributed by atoms with van der Waals surface area (Å²) in [6.45, 7) is 1.18. The molecule has 0 radical (unpaired) electrons. The number of nitrogens with zero attached hydrogens (tertiary/aromatic N) is 2. The molecular formula is C22H24F3N3O4. The van der Waals surface area contributed by atoms with Crippen molar-refractivity contribution in [3.05, 3.63) is 53.6 Å². The second-order valence-electron chi connectivity index (χ2n) is 7.40. The van der Waals surface area contributed by atoms with Crippen LogP contribution < -0.4 is 15.1 Å². The molecule has 1 saturated heterocycles. The van der Waals surface area contributed by atoms with Gasteiger partial charge in [0.1, 0.15) is 0 Å². The number of carbonyl (C=O) groups is 2. The summed E-state index contributed by atoms with van der Waals surface area (Å²) in [5, 5.41) is 2.45. The highest BCUT2D eigenvalue weighted by atomic mass is 19.4. The number of alkyl halides is 3. The van der Waals surface area contributed by atoms with E-state index in [2.05, 4.69) is 5.32 Å². The van der Waals surface area contributed by atoms with Gasteiger partial charge in [-0.15, -0.1) is 0 Å². The van der Waals surface area contributed by atoms with Crippen molar-refractivity contribution in [1.29, 1.82) is 0 Å². The lowest BCUT2D eigenvalue weighted by Crippen LogP contribution is -2.37. The molecular weight excluding hydrogens is 427 g/mol. The van der Waals surface area contributed by atoms with Crippen molar-refractivity contribution >= 4 is 28.9 Å². The van der Waals surface area contributed by atoms with Gasteiger partial charge in [-0.05, 0) is 36.4 Å². The van der Waals surface area contributed by atoms with E-state index in [1.165, 1.54) is 6.07 Å². The maximum atomic E-state index is 13.2. The van der Waals surface area contributed by atoms with Crippen LogP contribution in [0.25, 0.3) is 0 Å². The first-order chi connectivity index (χ1) is 15.1. The predicted octanol–water partition coefficient (Wildman–Crippen LogP) is 3.40. The summed E-state index contributed by atoms with van der Waals surface area (Å²) in [5.74, 6) is -1.45. The van der Waals surface area contributed by atoms with Crippen LogP contribution in [-0.2, 0) is 20.4 Å². The molecule has 1 amide bonds. The highest BCUT2D eigenvalue weighted by Gasteiger charge is 2.32. The van der Waals surface area contributed by atoms with E-state index in [1.54, 1.807) is 18.2 Å². The van der Waals surface area contributed by atoms with Crippen molar-refractivity contribution in [2.45, 2.75) is 6.18 Å². The number of hydrogen-bond donors (Lipinski definition) is 1. The SMILES string of the molecule is CN(C)c1cccc(C(=O)OCC(=O)Nc2cc(C(F)(F)F)ccc2N2CCOCC2)c1. The molecule has 172 valence electrons. The number of rotatable bonds is 6. The average Bonchev–Trinajstić information content (AvgIpc) is 2.77. The van der Waals surface area contributed by atoms with Crippen LogP contribution in [0.4, 0.5) is 30.2 Å². The van der Waals surface area contributed by atoms with Gasteiger partial charge in [-0.2, -0.15) is 13.2 Å². The van der Waals surface area contributed by atoms with Gasteiger partial charge in [-0.3, -0.25) is 4.79 Å². The molecule has 1 heterocycles. The topological polar surface area (TPSA) is 71.1 Å². The Morgan fingerprint density at radius 3 is 2.50 bits per heavy atom. The molecule has 1 aliphatic heterocycles. The van der Waals surface area contributed by atoms with Gasteiger partial charge < -0.3 is 24.6 Å². The van der Waals surface area contributed by atoms with E-state index in [9.17, 15) is 22.8 Å². The van der Waals surface area contributed by atoms with Crippen molar-refractivity contribution in [3.8, 4) is 0 Å². The van der Waals surface area contributed by atoms with Crippen molar-refractivity contribution in [3.63, 3.8) is 0 Å². The number of carbonyl (C=O) groups excluding carboxylic acids is 2. The van der Waals surface area contributed by atoms with E-state index in [4.69, 9.17) is 9.47 Å². The van der Waals surface area contributed by atoms with Gasteiger partial charge in [-0.1, -0.05) is 6.07 Å². The lowest BCUT2D eigenvalue weighted by Gasteiger charge is -2.31. The number of halogens is 3. The molecule has 0 unspecified atom stereocenters. The van der Waals surface area contributed by atoms with Crippen molar-refractivity contribution in [1.82, 2.24) is 0 Å². The van der Waals surface area contributed by atoms with Crippen LogP contribution in [0, 0.1) is 0 Å². The first-order valence-corrected chi connectivity index (χ1v) is 9.93. The van der Waals surface area contributed by atoms with Crippen molar-refractivity contribution in [2.24, 2.45) is 0 Å². The molecule has 0 atom stereocenters. The summed E-state index contributed by atoms with van der Waals surface area (Å²) >= 11 is 0. The molecule has 0 aromatic heterocycles. The Kier molecular flexibility index (Phi) is 7.24. The Morgan fingerprint density at radius 1 is 1.12 bits per heavy atom. The largest absolute Gasteiger partial charge is 0.452 e. The molecule has 1 N–H and O–H groups in total. The smallest absolute Gasteiger partial charge is 0.416 e. The zero-order valence-corrected chi connectivity index (χ0v) is 17.7. The Balaban J connectivity index is 1.71. The minimum Gasteiger partial charge on any atom is -0.452 e. The third-order valence-electron chi connectivity index (χ3n) is 4.88. The van der Waals surface area contributed by atoms with E-state index in [1.807, 2.05) is 30.0 Å². The molecule has 0 bridgehead atoms. The summed E-state index contributed by atoms with van der Waals surface area (Å²) in [4.78, 5) is 28.3. The minimum atomic E-state index is -4.56. The van der Waals surface area contributed by atoms with Gasteiger partial charge >= 0.3 is 12.1 Å². The predicted molar refractivity (Wildman–Crippen MR) is 114 cm³/mol. The van der Waals surface area contributed by atoms with E-state index >= 15 is 0 Å². The Bertz CT molecular complexity index is 973. The number of nitrogens with one attached hydrogen (secondary N) is 1. The van der Waals surface area contributed by atoms with Gasteiger partial charge in [0.25, 0.3) is 5.91 Å². The number of morpholine rings is 1.